The number of aryl methyl sites for hydroxylation is 1. The van der Waals surface area contributed by atoms with Gasteiger partial charge in [0, 0.05) is 54.9 Å². The second kappa shape index (κ2) is 5.90. The molecule has 0 bridgehead atoms. The van der Waals surface area contributed by atoms with Gasteiger partial charge in [-0.25, -0.2) is 4.98 Å². The van der Waals surface area contributed by atoms with Crippen LogP contribution in [0.15, 0.2) is 24.4 Å². The van der Waals surface area contributed by atoms with Gasteiger partial charge < -0.3 is 15.5 Å². The lowest BCUT2D eigenvalue weighted by Crippen LogP contribution is -2.44. The average molecular weight is 284 g/mol. The number of pyridine rings is 1. The van der Waals surface area contributed by atoms with Gasteiger partial charge in [0.2, 0.25) is 0 Å². The van der Waals surface area contributed by atoms with E-state index in [0.717, 1.165) is 32.0 Å². The second-order valence-electron chi connectivity index (χ2n) is 6.03. The van der Waals surface area contributed by atoms with Crippen molar-refractivity contribution in [3.05, 3.63) is 30.0 Å². The molecule has 1 aromatic heterocycles. The van der Waals surface area contributed by atoms with Crippen LogP contribution in [0.4, 0.5) is 11.5 Å². The van der Waals surface area contributed by atoms with E-state index in [0.29, 0.717) is 6.04 Å². The Balaban J connectivity index is 2.12. The zero-order chi connectivity index (χ0) is 14.8. The normalized spacial score (nSPS) is 15.7. The van der Waals surface area contributed by atoms with Gasteiger partial charge in [0.15, 0.2) is 0 Å². The highest BCUT2D eigenvalue weighted by atomic mass is 15.2. The van der Waals surface area contributed by atoms with Crippen molar-refractivity contribution in [3.8, 4) is 0 Å². The molecule has 2 heterocycles. The summed E-state index contributed by atoms with van der Waals surface area (Å²) in [4.78, 5) is 7.11. The third kappa shape index (κ3) is 2.81. The van der Waals surface area contributed by atoms with Crippen LogP contribution in [0.3, 0.4) is 0 Å². The molecule has 1 aromatic carbocycles. The first kappa shape index (κ1) is 14.1. The van der Waals surface area contributed by atoms with Crippen LogP contribution in [0, 0.1) is 6.92 Å². The number of rotatable bonds is 3. The predicted molar refractivity (Wildman–Crippen MR) is 90.3 cm³/mol. The summed E-state index contributed by atoms with van der Waals surface area (Å²) in [6.45, 7) is 10.6. The van der Waals surface area contributed by atoms with Crippen molar-refractivity contribution in [3.63, 3.8) is 0 Å². The number of hydrogen-bond donors (Lipinski definition) is 2. The maximum atomic E-state index is 4.72. The first-order valence-electron chi connectivity index (χ1n) is 7.77. The van der Waals surface area contributed by atoms with E-state index in [-0.39, 0.29) is 0 Å². The molecule has 0 saturated carbocycles. The highest BCUT2D eigenvalue weighted by molar-refractivity contribution is 6.02. The highest BCUT2D eigenvalue weighted by Crippen LogP contribution is 2.32. The number of nitrogens with zero attached hydrogens (tertiary/aromatic N) is 2. The Morgan fingerprint density at radius 1 is 1.24 bits per heavy atom. The van der Waals surface area contributed by atoms with E-state index in [4.69, 9.17) is 4.98 Å². The first-order valence-corrected chi connectivity index (χ1v) is 7.77. The van der Waals surface area contributed by atoms with Gasteiger partial charge in [-0.05, 0) is 32.4 Å². The molecule has 0 amide bonds. The van der Waals surface area contributed by atoms with E-state index in [9.17, 15) is 0 Å². The quantitative estimate of drug-likeness (QED) is 0.909. The van der Waals surface area contributed by atoms with E-state index >= 15 is 0 Å². The molecule has 112 valence electrons. The minimum absolute atomic E-state index is 0.422. The summed E-state index contributed by atoms with van der Waals surface area (Å²) in [7, 11) is 0. The fourth-order valence-corrected chi connectivity index (χ4v) is 3.02. The SMILES string of the molecule is Cc1cnc(N2CCNCC2)c2cccc(NC(C)C)c12. The van der Waals surface area contributed by atoms with E-state index in [2.05, 4.69) is 54.5 Å². The Kier molecular flexibility index (Phi) is 3.97. The van der Waals surface area contributed by atoms with E-state index in [1.165, 1.54) is 22.0 Å². The molecule has 2 aromatic rings. The van der Waals surface area contributed by atoms with Crippen molar-refractivity contribution in [1.82, 2.24) is 10.3 Å². The molecule has 3 rings (SSSR count). The third-order valence-corrected chi connectivity index (χ3v) is 3.94. The zero-order valence-corrected chi connectivity index (χ0v) is 13.1. The molecule has 0 atom stereocenters. The van der Waals surface area contributed by atoms with Crippen LogP contribution in [0.25, 0.3) is 10.8 Å². The molecule has 0 spiro atoms. The van der Waals surface area contributed by atoms with Crippen LogP contribution >= 0.6 is 0 Å². The summed E-state index contributed by atoms with van der Waals surface area (Å²) < 4.78 is 0. The van der Waals surface area contributed by atoms with Gasteiger partial charge >= 0.3 is 0 Å². The second-order valence-corrected chi connectivity index (χ2v) is 6.03. The molecular weight excluding hydrogens is 260 g/mol. The number of anilines is 2. The Morgan fingerprint density at radius 3 is 2.71 bits per heavy atom. The van der Waals surface area contributed by atoms with Gasteiger partial charge in [-0.15, -0.1) is 0 Å². The summed E-state index contributed by atoms with van der Waals surface area (Å²) in [6.07, 6.45) is 2.01. The number of piperazine rings is 1. The summed E-state index contributed by atoms with van der Waals surface area (Å²) in [5.41, 5.74) is 2.44. The first-order chi connectivity index (χ1) is 10.2. The van der Waals surface area contributed by atoms with Gasteiger partial charge in [0.25, 0.3) is 0 Å². The molecule has 1 aliphatic heterocycles. The smallest absolute Gasteiger partial charge is 0.136 e. The van der Waals surface area contributed by atoms with Gasteiger partial charge in [-0.2, -0.15) is 0 Å². The number of hydrogen-bond acceptors (Lipinski definition) is 4. The predicted octanol–water partition coefficient (Wildman–Crippen LogP) is 2.77. The van der Waals surface area contributed by atoms with Crippen LogP contribution in [0.2, 0.25) is 0 Å². The molecule has 0 radical (unpaired) electrons. The summed E-state index contributed by atoms with van der Waals surface area (Å²) in [5, 5.41) is 9.51. The number of aromatic nitrogens is 1. The van der Waals surface area contributed by atoms with Crippen LogP contribution in [-0.2, 0) is 0 Å². The molecule has 21 heavy (non-hydrogen) atoms. The third-order valence-electron chi connectivity index (χ3n) is 3.94. The molecule has 1 fully saturated rings. The van der Waals surface area contributed by atoms with Gasteiger partial charge in [-0.3, -0.25) is 0 Å². The molecule has 4 heteroatoms. The minimum atomic E-state index is 0.422. The molecular formula is C17H24N4. The van der Waals surface area contributed by atoms with Gasteiger partial charge in [0.05, 0.1) is 0 Å². The summed E-state index contributed by atoms with van der Waals surface area (Å²) in [6, 6.07) is 6.90. The summed E-state index contributed by atoms with van der Waals surface area (Å²) in [5.74, 6) is 1.12. The van der Waals surface area contributed by atoms with Crippen molar-refractivity contribution in [1.29, 1.82) is 0 Å². The topological polar surface area (TPSA) is 40.2 Å². The summed E-state index contributed by atoms with van der Waals surface area (Å²) >= 11 is 0. The Bertz CT molecular complexity index is 630. The standard InChI is InChI=1S/C17H24N4/c1-12(2)20-15-6-4-5-14-16(15)13(3)11-19-17(14)21-9-7-18-8-10-21/h4-6,11-12,18,20H,7-10H2,1-3H3. The number of benzene rings is 1. The number of nitrogens with one attached hydrogen (secondary N) is 2. The van der Waals surface area contributed by atoms with E-state index < -0.39 is 0 Å². The van der Waals surface area contributed by atoms with Crippen LogP contribution in [-0.4, -0.2) is 37.2 Å². The molecule has 4 nitrogen and oxygen atoms in total. The maximum Gasteiger partial charge on any atom is 0.136 e. The maximum absolute atomic E-state index is 4.72. The fraction of sp³-hybridized carbons (Fsp3) is 0.471. The minimum Gasteiger partial charge on any atom is -0.382 e. The lowest BCUT2D eigenvalue weighted by Gasteiger charge is -2.30. The van der Waals surface area contributed by atoms with Crippen molar-refractivity contribution < 1.29 is 0 Å². The highest BCUT2D eigenvalue weighted by Gasteiger charge is 2.16. The monoisotopic (exact) mass is 284 g/mol. The molecule has 0 unspecified atom stereocenters. The average Bonchev–Trinajstić information content (AvgIpc) is 2.48. The molecule has 1 saturated heterocycles. The van der Waals surface area contributed by atoms with Gasteiger partial charge in [0.1, 0.15) is 5.82 Å². The van der Waals surface area contributed by atoms with E-state index in [1.807, 2.05) is 6.20 Å². The lowest BCUT2D eigenvalue weighted by molar-refractivity contribution is 0.586. The van der Waals surface area contributed by atoms with Crippen molar-refractivity contribution >= 4 is 22.3 Å². The molecule has 2 N–H and O–H groups in total. The van der Waals surface area contributed by atoms with Crippen molar-refractivity contribution in [2.75, 3.05) is 36.4 Å². The Labute approximate surface area is 126 Å². The zero-order valence-electron chi connectivity index (χ0n) is 13.1. The van der Waals surface area contributed by atoms with Gasteiger partial charge in [-0.1, -0.05) is 12.1 Å². The van der Waals surface area contributed by atoms with Crippen LogP contribution in [0.1, 0.15) is 19.4 Å². The lowest BCUT2D eigenvalue weighted by atomic mass is 10.0. The van der Waals surface area contributed by atoms with E-state index in [1.54, 1.807) is 0 Å². The van der Waals surface area contributed by atoms with Crippen LogP contribution in [0.5, 0.6) is 0 Å². The molecule has 1 aliphatic rings. The fourth-order valence-electron chi connectivity index (χ4n) is 3.02. The Morgan fingerprint density at radius 2 is 2.00 bits per heavy atom. The van der Waals surface area contributed by atoms with Crippen molar-refractivity contribution in [2.24, 2.45) is 0 Å². The Hall–Kier alpha value is -1.81. The molecule has 0 aliphatic carbocycles. The van der Waals surface area contributed by atoms with Crippen molar-refractivity contribution in [2.45, 2.75) is 26.8 Å². The van der Waals surface area contributed by atoms with Crippen LogP contribution < -0.4 is 15.5 Å². The number of fused-ring (bicyclic) bond motifs is 1. The largest absolute Gasteiger partial charge is 0.382 e.